The van der Waals surface area contributed by atoms with Crippen molar-refractivity contribution in [3.8, 4) is 0 Å². The molecule has 1 aliphatic heterocycles. The van der Waals surface area contributed by atoms with E-state index in [1.807, 2.05) is 34.6 Å². The van der Waals surface area contributed by atoms with Crippen molar-refractivity contribution in [3.05, 3.63) is 12.7 Å². The predicted octanol–water partition coefficient (Wildman–Crippen LogP) is 3.56. The van der Waals surface area contributed by atoms with Gasteiger partial charge in [0.05, 0.1) is 6.04 Å². The lowest BCUT2D eigenvalue weighted by Gasteiger charge is -2.40. The van der Waals surface area contributed by atoms with Gasteiger partial charge >= 0.3 is 6.09 Å². The molecule has 0 bridgehead atoms. The molecule has 0 saturated carbocycles. The Morgan fingerprint density at radius 2 is 1.95 bits per heavy atom. The van der Waals surface area contributed by atoms with Crippen LogP contribution in [0.2, 0.25) is 0 Å². The highest BCUT2D eigenvalue weighted by molar-refractivity contribution is 5.90. The molecule has 1 saturated heterocycles. The number of carbonyl (C=O) groups excluding carboxylic acids is 2. The quantitative estimate of drug-likeness (QED) is 0.743. The zero-order valence-corrected chi connectivity index (χ0v) is 13.3. The molecule has 3 atom stereocenters. The Morgan fingerprint density at radius 1 is 1.35 bits per heavy atom. The lowest BCUT2D eigenvalue weighted by atomic mass is 9.89. The van der Waals surface area contributed by atoms with Crippen LogP contribution in [0.4, 0.5) is 4.79 Å². The maximum Gasteiger partial charge on any atom is 0.411 e. The van der Waals surface area contributed by atoms with Crippen LogP contribution in [0.15, 0.2) is 12.7 Å². The van der Waals surface area contributed by atoms with E-state index in [2.05, 4.69) is 6.58 Å². The number of hydrogen-bond acceptors (Lipinski definition) is 3. The van der Waals surface area contributed by atoms with E-state index in [4.69, 9.17) is 4.74 Å². The van der Waals surface area contributed by atoms with Crippen molar-refractivity contribution in [3.63, 3.8) is 0 Å². The summed E-state index contributed by atoms with van der Waals surface area (Å²) in [7, 11) is 0. The number of nitrogens with zero attached hydrogens (tertiary/aromatic N) is 1. The van der Waals surface area contributed by atoms with Crippen LogP contribution in [-0.4, -0.2) is 34.5 Å². The van der Waals surface area contributed by atoms with Crippen molar-refractivity contribution in [1.82, 2.24) is 4.90 Å². The summed E-state index contributed by atoms with van der Waals surface area (Å²) in [6, 6.07) is -0.355. The van der Waals surface area contributed by atoms with Crippen LogP contribution in [0.1, 0.15) is 53.9 Å². The van der Waals surface area contributed by atoms with E-state index >= 15 is 0 Å². The highest BCUT2D eigenvalue weighted by atomic mass is 16.6. The van der Waals surface area contributed by atoms with Crippen LogP contribution < -0.4 is 0 Å². The third-order valence-corrected chi connectivity index (χ3v) is 3.65. The van der Waals surface area contributed by atoms with Gasteiger partial charge in [-0.2, -0.15) is 0 Å². The standard InChI is InChI=1S/C16H27NO3/c1-7-11(2)14(18)13-10-8-9-12(3)17(13)15(19)20-16(4,5)6/h7,11-13H,1,8-10H2,2-6H3. The Balaban J connectivity index is 2.93. The van der Waals surface area contributed by atoms with Crippen LogP contribution >= 0.6 is 0 Å². The Bertz CT molecular complexity index is 384. The first-order chi connectivity index (χ1) is 9.17. The van der Waals surface area contributed by atoms with Crippen LogP contribution in [0.5, 0.6) is 0 Å². The van der Waals surface area contributed by atoms with Gasteiger partial charge in [0.2, 0.25) is 0 Å². The van der Waals surface area contributed by atoms with Gasteiger partial charge in [0, 0.05) is 12.0 Å². The van der Waals surface area contributed by atoms with E-state index in [1.165, 1.54) is 0 Å². The zero-order valence-electron chi connectivity index (χ0n) is 13.3. The van der Waals surface area contributed by atoms with Crippen molar-refractivity contribution in [1.29, 1.82) is 0 Å². The molecule has 4 nitrogen and oxygen atoms in total. The second-order valence-corrected chi connectivity index (χ2v) is 6.61. The Labute approximate surface area is 122 Å². The fourth-order valence-electron chi connectivity index (χ4n) is 2.51. The first-order valence-corrected chi connectivity index (χ1v) is 7.35. The zero-order chi connectivity index (χ0) is 15.5. The van der Waals surface area contributed by atoms with Gasteiger partial charge in [0.1, 0.15) is 5.60 Å². The lowest BCUT2D eigenvalue weighted by molar-refractivity contribution is -0.128. The van der Waals surface area contributed by atoms with Gasteiger partial charge in [-0.05, 0) is 47.0 Å². The van der Waals surface area contributed by atoms with Crippen LogP contribution in [-0.2, 0) is 9.53 Å². The highest BCUT2D eigenvalue weighted by Crippen LogP contribution is 2.27. The predicted molar refractivity (Wildman–Crippen MR) is 79.5 cm³/mol. The third-order valence-electron chi connectivity index (χ3n) is 3.65. The molecule has 114 valence electrons. The highest BCUT2D eigenvalue weighted by Gasteiger charge is 2.39. The minimum Gasteiger partial charge on any atom is -0.444 e. The molecule has 0 aromatic carbocycles. The van der Waals surface area contributed by atoms with Gasteiger partial charge < -0.3 is 4.74 Å². The van der Waals surface area contributed by atoms with Gasteiger partial charge in [0.15, 0.2) is 5.78 Å². The number of ketones is 1. The van der Waals surface area contributed by atoms with E-state index in [0.29, 0.717) is 6.42 Å². The summed E-state index contributed by atoms with van der Waals surface area (Å²) >= 11 is 0. The van der Waals surface area contributed by atoms with Crippen LogP contribution in [0, 0.1) is 5.92 Å². The second-order valence-electron chi connectivity index (χ2n) is 6.61. The molecule has 20 heavy (non-hydrogen) atoms. The molecule has 1 heterocycles. The molecular formula is C16H27NO3. The molecule has 0 radical (unpaired) electrons. The van der Waals surface area contributed by atoms with Crippen molar-refractivity contribution in [2.45, 2.75) is 71.6 Å². The number of amides is 1. The van der Waals surface area contributed by atoms with Crippen LogP contribution in [0.3, 0.4) is 0 Å². The molecule has 1 amide bonds. The minimum atomic E-state index is -0.550. The van der Waals surface area contributed by atoms with Crippen molar-refractivity contribution in [2.24, 2.45) is 5.92 Å². The van der Waals surface area contributed by atoms with Gasteiger partial charge in [0.25, 0.3) is 0 Å². The maximum absolute atomic E-state index is 12.4. The average Bonchev–Trinajstić information content (AvgIpc) is 2.34. The average molecular weight is 281 g/mol. The number of Topliss-reactive ketones (excluding diaryl/α,β-unsaturated/α-hetero) is 1. The Kier molecular flexibility index (Phi) is 5.37. The number of hydrogen-bond donors (Lipinski definition) is 0. The summed E-state index contributed by atoms with van der Waals surface area (Å²) in [6.45, 7) is 13.0. The topological polar surface area (TPSA) is 46.6 Å². The maximum atomic E-state index is 12.4. The van der Waals surface area contributed by atoms with Crippen LogP contribution in [0.25, 0.3) is 0 Å². The second kappa shape index (κ2) is 6.42. The first kappa shape index (κ1) is 16.7. The van der Waals surface area contributed by atoms with E-state index in [0.717, 1.165) is 12.8 Å². The summed E-state index contributed by atoms with van der Waals surface area (Å²) < 4.78 is 5.45. The third kappa shape index (κ3) is 4.09. The van der Waals surface area contributed by atoms with Crippen molar-refractivity contribution in [2.75, 3.05) is 0 Å². The van der Waals surface area contributed by atoms with Gasteiger partial charge in [-0.25, -0.2) is 4.79 Å². The van der Waals surface area contributed by atoms with E-state index < -0.39 is 5.60 Å². The Morgan fingerprint density at radius 3 is 2.45 bits per heavy atom. The van der Waals surface area contributed by atoms with E-state index in [9.17, 15) is 9.59 Å². The number of allylic oxidation sites excluding steroid dienone is 1. The summed E-state index contributed by atoms with van der Waals surface area (Å²) in [5.74, 6) is -0.187. The molecule has 0 aromatic rings. The number of ether oxygens (including phenoxy) is 1. The molecule has 1 fully saturated rings. The normalized spacial score (nSPS) is 24.9. The minimum absolute atomic E-state index is 0.0320. The number of likely N-dealkylation sites (tertiary alicyclic amines) is 1. The Hall–Kier alpha value is -1.32. The lowest BCUT2D eigenvalue weighted by Crippen LogP contribution is -2.54. The van der Waals surface area contributed by atoms with Gasteiger partial charge in [-0.1, -0.05) is 13.0 Å². The molecule has 3 unspecified atom stereocenters. The first-order valence-electron chi connectivity index (χ1n) is 7.35. The molecule has 0 N–H and O–H groups in total. The molecule has 4 heteroatoms. The smallest absolute Gasteiger partial charge is 0.411 e. The monoisotopic (exact) mass is 281 g/mol. The summed E-state index contributed by atoms with van der Waals surface area (Å²) in [4.78, 5) is 26.4. The number of carbonyl (C=O) groups is 2. The number of piperidine rings is 1. The molecule has 0 spiro atoms. The molecule has 0 aliphatic carbocycles. The molecule has 1 aliphatic rings. The van der Waals surface area contributed by atoms with E-state index in [1.54, 1.807) is 11.0 Å². The van der Waals surface area contributed by atoms with Gasteiger partial charge in [-0.3, -0.25) is 9.69 Å². The summed E-state index contributed by atoms with van der Waals surface area (Å²) in [6.07, 6.45) is 3.82. The van der Waals surface area contributed by atoms with Crippen molar-refractivity contribution < 1.29 is 14.3 Å². The molecular weight excluding hydrogens is 254 g/mol. The summed E-state index contributed by atoms with van der Waals surface area (Å²) in [5.41, 5.74) is -0.550. The largest absolute Gasteiger partial charge is 0.444 e. The fraction of sp³-hybridized carbons (Fsp3) is 0.750. The van der Waals surface area contributed by atoms with Crippen molar-refractivity contribution >= 4 is 11.9 Å². The van der Waals surface area contributed by atoms with E-state index in [-0.39, 0.29) is 29.9 Å². The fourth-order valence-corrected chi connectivity index (χ4v) is 2.51. The molecule has 1 rings (SSSR count). The number of rotatable bonds is 3. The SMILES string of the molecule is C=CC(C)C(=O)C1CCCC(C)N1C(=O)OC(C)(C)C. The summed E-state index contributed by atoms with van der Waals surface area (Å²) in [5, 5.41) is 0. The molecule has 0 aromatic heterocycles. The van der Waals surface area contributed by atoms with Gasteiger partial charge in [-0.15, -0.1) is 6.58 Å².